The van der Waals surface area contributed by atoms with E-state index in [1.54, 1.807) is 6.07 Å². The molecule has 0 unspecified atom stereocenters. The Balaban J connectivity index is 1.43. The summed E-state index contributed by atoms with van der Waals surface area (Å²) < 4.78 is 24.3. The number of aryl methyl sites for hydroxylation is 3. The van der Waals surface area contributed by atoms with Gasteiger partial charge in [0.15, 0.2) is 6.20 Å². The fraction of sp³-hybridized carbons (Fsp3) is 0.469. The van der Waals surface area contributed by atoms with Crippen LogP contribution in [0.3, 0.4) is 0 Å². The molecule has 0 bridgehead atoms. The van der Waals surface area contributed by atoms with E-state index in [1.807, 2.05) is 6.07 Å². The summed E-state index contributed by atoms with van der Waals surface area (Å²) in [5.41, 5.74) is 7.09. The first kappa shape index (κ1) is 22.8. The fourth-order valence-electron chi connectivity index (χ4n) is 7.11. The monoisotopic (exact) mass is 470 g/mol. The number of benzene rings is 2. The van der Waals surface area contributed by atoms with Crippen LogP contribution < -0.4 is 4.57 Å². The van der Waals surface area contributed by atoms with Crippen LogP contribution >= 0.6 is 0 Å². The predicted octanol–water partition coefficient (Wildman–Crippen LogP) is 8.69. The smallest absolute Gasteiger partial charge is 0.216 e. The molecule has 0 amide bonds. The molecular weight excluding hydrogens is 433 g/mol. The average molecular weight is 471 g/mol. The van der Waals surface area contributed by atoms with Gasteiger partial charge in [0.1, 0.15) is 24.0 Å². The minimum atomic E-state index is -0.0999. The summed E-state index contributed by atoms with van der Waals surface area (Å²) in [6, 6.07) is 12.2. The lowest BCUT2D eigenvalue weighted by Gasteiger charge is -2.36. The summed E-state index contributed by atoms with van der Waals surface area (Å²) >= 11 is 0. The molecule has 0 spiro atoms. The van der Waals surface area contributed by atoms with Crippen LogP contribution in [0.4, 0.5) is 4.39 Å². The van der Waals surface area contributed by atoms with Crippen molar-refractivity contribution in [1.29, 1.82) is 0 Å². The number of halogens is 1. The number of hydrogen-bond acceptors (Lipinski definition) is 1. The minimum Gasteiger partial charge on any atom is -0.455 e. The molecule has 2 aliphatic rings. The van der Waals surface area contributed by atoms with Gasteiger partial charge in [0.05, 0.1) is 5.56 Å². The minimum absolute atomic E-state index is 0.0999. The maximum atomic E-state index is 15.4. The van der Waals surface area contributed by atoms with Crippen LogP contribution in [0.1, 0.15) is 80.4 Å². The number of hydrogen-bond donors (Lipinski definition) is 0. The van der Waals surface area contributed by atoms with Crippen LogP contribution in [-0.2, 0) is 7.05 Å². The molecule has 35 heavy (non-hydrogen) atoms. The van der Waals surface area contributed by atoms with Crippen molar-refractivity contribution in [2.45, 2.75) is 77.6 Å². The van der Waals surface area contributed by atoms with Crippen molar-refractivity contribution in [3.05, 3.63) is 65.1 Å². The molecular formula is C32H37FNO+. The van der Waals surface area contributed by atoms with Crippen molar-refractivity contribution in [3.63, 3.8) is 0 Å². The maximum absolute atomic E-state index is 15.4. The number of fused-ring (bicyclic) bond motifs is 3. The molecule has 0 aliphatic heterocycles. The highest BCUT2D eigenvalue weighted by Gasteiger charge is 2.32. The van der Waals surface area contributed by atoms with Crippen molar-refractivity contribution >= 4 is 21.9 Å². The Morgan fingerprint density at radius 2 is 1.49 bits per heavy atom. The Bertz CT molecular complexity index is 1390. The van der Waals surface area contributed by atoms with E-state index in [0.29, 0.717) is 0 Å². The summed E-state index contributed by atoms with van der Waals surface area (Å²) in [6.07, 6.45) is 13.7. The van der Waals surface area contributed by atoms with Crippen LogP contribution in [-0.4, -0.2) is 0 Å². The van der Waals surface area contributed by atoms with E-state index in [1.165, 1.54) is 56.1 Å². The zero-order valence-corrected chi connectivity index (χ0v) is 21.4. The van der Waals surface area contributed by atoms with Crippen molar-refractivity contribution < 1.29 is 13.4 Å². The van der Waals surface area contributed by atoms with E-state index >= 15 is 4.39 Å². The number of rotatable bonds is 3. The van der Waals surface area contributed by atoms with Gasteiger partial charge >= 0.3 is 0 Å². The first-order valence-corrected chi connectivity index (χ1v) is 13.6. The standard InChI is InChI=1S/C32H37FNO/c1-20-17-18-34(3)28(19-20)29-21(2)9-14-25-26-15-16-27(33)30(32(26)35-31(25)29)24-12-10-23(11-13-24)22-7-5-4-6-8-22/h9,14-19,22-24H,4-8,10-13H2,1-3H3/q+1. The van der Waals surface area contributed by atoms with Crippen molar-refractivity contribution in [2.24, 2.45) is 18.9 Å². The Morgan fingerprint density at radius 3 is 2.26 bits per heavy atom. The van der Waals surface area contributed by atoms with Gasteiger partial charge < -0.3 is 4.42 Å². The summed E-state index contributed by atoms with van der Waals surface area (Å²) in [6.45, 7) is 4.26. The molecule has 0 atom stereocenters. The molecule has 2 aromatic heterocycles. The second kappa shape index (κ2) is 9.08. The quantitative estimate of drug-likeness (QED) is 0.274. The number of furan rings is 1. The fourth-order valence-corrected chi connectivity index (χ4v) is 7.11. The molecule has 2 fully saturated rings. The highest BCUT2D eigenvalue weighted by molar-refractivity contribution is 6.10. The van der Waals surface area contributed by atoms with E-state index in [2.05, 4.69) is 55.9 Å². The molecule has 2 saturated carbocycles. The van der Waals surface area contributed by atoms with E-state index in [9.17, 15) is 0 Å². The molecule has 0 N–H and O–H groups in total. The summed E-state index contributed by atoms with van der Waals surface area (Å²) in [7, 11) is 2.07. The SMILES string of the molecule is Cc1cc[n+](C)c(-c2c(C)ccc3c2oc2c(C4CCC(C5CCCCC5)CC4)c(F)ccc23)c1. The van der Waals surface area contributed by atoms with Gasteiger partial charge in [-0.1, -0.05) is 44.2 Å². The van der Waals surface area contributed by atoms with Crippen LogP contribution in [0.2, 0.25) is 0 Å². The third-order valence-electron chi connectivity index (χ3n) is 9.06. The molecule has 2 aliphatic carbocycles. The van der Waals surface area contributed by atoms with Crippen molar-refractivity contribution in [3.8, 4) is 11.3 Å². The van der Waals surface area contributed by atoms with E-state index < -0.39 is 0 Å². The van der Waals surface area contributed by atoms with Crippen LogP contribution in [0.25, 0.3) is 33.2 Å². The molecule has 0 radical (unpaired) electrons. The highest BCUT2D eigenvalue weighted by atomic mass is 19.1. The zero-order valence-electron chi connectivity index (χ0n) is 21.4. The normalized spacial score (nSPS) is 21.7. The molecule has 0 saturated heterocycles. The molecule has 6 rings (SSSR count). The van der Waals surface area contributed by atoms with Crippen molar-refractivity contribution in [2.75, 3.05) is 0 Å². The first-order chi connectivity index (χ1) is 17.0. The average Bonchev–Trinajstić information content (AvgIpc) is 3.24. The van der Waals surface area contributed by atoms with Crippen LogP contribution in [0, 0.1) is 31.5 Å². The largest absolute Gasteiger partial charge is 0.455 e. The lowest BCUT2D eigenvalue weighted by atomic mass is 9.70. The second-order valence-electron chi connectivity index (χ2n) is 11.3. The summed E-state index contributed by atoms with van der Waals surface area (Å²) in [5, 5.41) is 2.13. The van der Waals surface area contributed by atoms with E-state index in [4.69, 9.17) is 4.42 Å². The molecule has 2 heterocycles. The van der Waals surface area contributed by atoms with Crippen LogP contribution in [0.5, 0.6) is 0 Å². The number of aromatic nitrogens is 1. The van der Waals surface area contributed by atoms with E-state index in [-0.39, 0.29) is 11.7 Å². The van der Waals surface area contributed by atoms with Gasteiger partial charge in [-0.3, -0.25) is 0 Å². The number of nitrogens with zero attached hydrogens (tertiary/aromatic N) is 1. The molecule has 2 aromatic carbocycles. The van der Waals surface area contributed by atoms with Crippen LogP contribution in [0.15, 0.2) is 47.0 Å². The molecule has 3 heteroatoms. The lowest BCUT2D eigenvalue weighted by Crippen LogP contribution is -2.30. The Morgan fingerprint density at radius 1 is 0.800 bits per heavy atom. The molecule has 2 nitrogen and oxygen atoms in total. The Hall–Kier alpha value is -2.68. The zero-order chi connectivity index (χ0) is 24.1. The van der Waals surface area contributed by atoms with Gasteiger partial charge in [0, 0.05) is 28.5 Å². The summed E-state index contributed by atoms with van der Waals surface area (Å²) in [4.78, 5) is 0. The van der Waals surface area contributed by atoms with E-state index in [0.717, 1.165) is 63.4 Å². The van der Waals surface area contributed by atoms with Crippen molar-refractivity contribution in [1.82, 2.24) is 0 Å². The van der Waals surface area contributed by atoms with Gasteiger partial charge in [-0.2, -0.15) is 0 Å². The second-order valence-corrected chi connectivity index (χ2v) is 11.3. The van der Waals surface area contributed by atoms with Gasteiger partial charge in [0.2, 0.25) is 5.69 Å². The van der Waals surface area contributed by atoms with Gasteiger partial charge in [-0.15, -0.1) is 0 Å². The third kappa shape index (κ3) is 3.97. The summed E-state index contributed by atoms with van der Waals surface area (Å²) in [5.74, 6) is 1.88. The maximum Gasteiger partial charge on any atom is 0.216 e. The Kier molecular flexibility index (Phi) is 5.90. The first-order valence-electron chi connectivity index (χ1n) is 13.6. The molecule has 182 valence electrons. The van der Waals surface area contributed by atoms with Gasteiger partial charge in [0.25, 0.3) is 0 Å². The topological polar surface area (TPSA) is 17.0 Å². The van der Waals surface area contributed by atoms with Gasteiger partial charge in [-0.25, -0.2) is 8.96 Å². The highest BCUT2D eigenvalue weighted by Crippen LogP contribution is 2.47. The lowest BCUT2D eigenvalue weighted by molar-refractivity contribution is -0.660. The molecule has 4 aromatic rings. The third-order valence-corrected chi connectivity index (χ3v) is 9.06. The Labute approximate surface area is 208 Å². The number of pyridine rings is 1. The van der Waals surface area contributed by atoms with Gasteiger partial charge in [-0.05, 0) is 80.5 Å². The predicted molar refractivity (Wildman–Crippen MR) is 141 cm³/mol.